The number of fused-ring (bicyclic) bond motifs is 1. The van der Waals surface area contributed by atoms with Gasteiger partial charge in [-0.1, -0.05) is 6.07 Å². The first-order valence-electron chi connectivity index (χ1n) is 11.1. The lowest BCUT2D eigenvalue weighted by molar-refractivity contribution is -0.122. The van der Waals surface area contributed by atoms with E-state index in [-0.39, 0.29) is 18.6 Å². The van der Waals surface area contributed by atoms with Gasteiger partial charge in [0.25, 0.3) is 6.47 Å². The fraction of sp³-hybridized carbons (Fsp3) is 0.478. The number of benzene rings is 1. The molecule has 0 spiro atoms. The van der Waals surface area contributed by atoms with E-state index in [0.717, 1.165) is 43.8 Å². The number of hydrogen-bond donors (Lipinski definition) is 2. The fourth-order valence-electron chi connectivity index (χ4n) is 5.19. The zero-order valence-corrected chi connectivity index (χ0v) is 18.6. The number of ether oxygens (including phenoxy) is 1. The summed E-state index contributed by atoms with van der Waals surface area (Å²) < 4.78 is 9.30. The van der Waals surface area contributed by atoms with Gasteiger partial charge in [-0.15, -0.1) is 0 Å². The molecule has 2 aliphatic rings. The molecule has 10 nitrogen and oxygen atoms in total. The number of aliphatic hydroxyl groups is 1. The van der Waals surface area contributed by atoms with E-state index in [4.69, 9.17) is 14.6 Å². The van der Waals surface area contributed by atoms with E-state index in [1.807, 2.05) is 21.6 Å². The van der Waals surface area contributed by atoms with E-state index < -0.39 is 0 Å². The Morgan fingerprint density at radius 1 is 1.18 bits per heavy atom. The molecule has 176 valence electrons. The maximum atomic E-state index is 10.7. The molecule has 3 aromatic rings. The third-order valence-corrected chi connectivity index (χ3v) is 6.60. The molecule has 3 heterocycles. The molecule has 0 bridgehead atoms. The van der Waals surface area contributed by atoms with Crippen molar-refractivity contribution in [3.8, 4) is 5.75 Å². The van der Waals surface area contributed by atoms with Crippen molar-refractivity contribution >= 4 is 6.47 Å². The van der Waals surface area contributed by atoms with Crippen LogP contribution in [0.25, 0.3) is 0 Å². The summed E-state index contributed by atoms with van der Waals surface area (Å²) in [5, 5.41) is 26.1. The third kappa shape index (κ3) is 5.40. The van der Waals surface area contributed by atoms with Crippen molar-refractivity contribution in [2.24, 2.45) is 11.8 Å². The van der Waals surface area contributed by atoms with Crippen LogP contribution in [0, 0.1) is 11.8 Å². The molecule has 1 saturated heterocycles. The lowest BCUT2D eigenvalue weighted by Crippen LogP contribution is -2.36. The number of likely N-dealkylation sites (tertiary alicyclic amines) is 1. The number of nitrogens with zero attached hydrogens (tertiary/aromatic N) is 6. The van der Waals surface area contributed by atoms with Gasteiger partial charge in [-0.05, 0) is 48.4 Å². The van der Waals surface area contributed by atoms with Gasteiger partial charge in [0.15, 0.2) is 0 Å². The average Bonchev–Trinajstić information content (AvgIpc) is 3.56. The number of aromatic nitrogens is 5. The number of methoxy groups -OCH3 is 1. The molecule has 0 radical (unpaired) electrons. The van der Waals surface area contributed by atoms with Crippen LogP contribution in [-0.4, -0.2) is 72.4 Å². The molecular weight excluding hydrogens is 424 g/mol. The Kier molecular flexibility index (Phi) is 7.36. The smallest absolute Gasteiger partial charge is 0.290 e. The van der Waals surface area contributed by atoms with Gasteiger partial charge in [0.2, 0.25) is 0 Å². The van der Waals surface area contributed by atoms with E-state index in [1.54, 1.807) is 26.0 Å². The summed E-state index contributed by atoms with van der Waals surface area (Å²) in [5.74, 6) is 2.02. The highest BCUT2D eigenvalue weighted by atomic mass is 16.5. The van der Waals surface area contributed by atoms with Crippen molar-refractivity contribution in [2.75, 3.05) is 20.2 Å². The third-order valence-electron chi connectivity index (χ3n) is 6.60. The van der Waals surface area contributed by atoms with Crippen LogP contribution in [0.4, 0.5) is 0 Å². The highest BCUT2D eigenvalue weighted by Crippen LogP contribution is 2.41. The van der Waals surface area contributed by atoms with Crippen LogP contribution in [-0.2, 0) is 17.9 Å². The SMILES string of the molecule is COc1ccc(CN2C[C@H]3C[C@@H](n4cncn4)[C@H](O)C[C@H]3C2)cc1Cn1cccn1.O=CO. The van der Waals surface area contributed by atoms with Gasteiger partial charge in [0, 0.05) is 37.6 Å². The zero-order chi connectivity index (χ0) is 23.2. The predicted octanol–water partition coefficient (Wildman–Crippen LogP) is 1.68. The average molecular weight is 455 g/mol. The Morgan fingerprint density at radius 3 is 2.64 bits per heavy atom. The monoisotopic (exact) mass is 454 g/mol. The van der Waals surface area contributed by atoms with Crippen LogP contribution in [0.5, 0.6) is 5.75 Å². The molecule has 4 atom stereocenters. The molecule has 2 fully saturated rings. The molecule has 1 aromatic carbocycles. The zero-order valence-electron chi connectivity index (χ0n) is 18.6. The summed E-state index contributed by atoms with van der Waals surface area (Å²) in [6.45, 7) is 3.45. The summed E-state index contributed by atoms with van der Waals surface area (Å²) in [4.78, 5) is 14.9. The Morgan fingerprint density at radius 2 is 1.97 bits per heavy atom. The number of hydrogen-bond acceptors (Lipinski definition) is 7. The highest BCUT2D eigenvalue weighted by Gasteiger charge is 2.42. The molecule has 5 rings (SSSR count). The van der Waals surface area contributed by atoms with Gasteiger partial charge in [0.05, 0.1) is 25.8 Å². The minimum atomic E-state index is -0.352. The lowest BCUT2D eigenvalue weighted by atomic mass is 9.77. The van der Waals surface area contributed by atoms with E-state index in [0.29, 0.717) is 18.4 Å². The molecule has 33 heavy (non-hydrogen) atoms. The largest absolute Gasteiger partial charge is 0.496 e. The number of rotatable bonds is 6. The summed E-state index contributed by atoms with van der Waals surface area (Å²) in [5.41, 5.74) is 2.42. The Labute approximate surface area is 192 Å². The van der Waals surface area contributed by atoms with E-state index in [9.17, 15) is 5.11 Å². The van der Waals surface area contributed by atoms with Crippen molar-refractivity contribution in [1.82, 2.24) is 29.4 Å². The van der Waals surface area contributed by atoms with Crippen LogP contribution in [0.1, 0.15) is 30.0 Å². The van der Waals surface area contributed by atoms with Crippen LogP contribution in [0.15, 0.2) is 49.3 Å². The second-order valence-electron chi connectivity index (χ2n) is 8.65. The molecule has 10 heteroatoms. The van der Waals surface area contributed by atoms with E-state index >= 15 is 0 Å². The lowest BCUT2D eigenvalue weighted by Gasteiger charge is -2.35. The highest BCUT2D eigenvalue weighted by molar-refractivity contribution is 5.37. The molecule has 0 amide bonds. The number of carboxylic acid groups (broad SMARTS) is 1. The molecule has 1 aliphatic carbocycles. The fourth-order valence-corrected chi connectivity index (χ4v) is 5.19. The van der Waals surface area contributed by atoms with Crippen molar-refractivity contribution < 1.29 is 19.7 Å². The Hall–Kier alpha value is -3.24. The summed E-state index contributed by atoms with van der Waals surface area (Å²) in [6.07, 6.45) is 8.47. The first-order valence-corrected chi connectivity index (χ1v) is 11.1. The Balaban J connectivity index is 0.000000821. The van der Waals surface area contributed by atoms with E-state index in [1.165, 1.54) is 5.56 Å². The van der Waals surface area contributed by atoms with Crippen molar-refractivity contribution in [1.29, 1.82) is 0 Å². The van der Waals surface area contributed by atoms with Crippen molar-refractivity contribution in [3.05, 3.63) is 60.4 Å². The van der Waals surface area contributed by atoms with Crippen LogP contribution < -0.4 is 4.74 Å². The minimum absolute atomic E-state index is 0.0374. The van der Waals surface area contributed by atoms with Crippen LogP contribution in [0.2, 0.25) is 0 Å². The van der Waals surface area contributed by atoms with Gasteiger partial charge < -0.3 is 14.9 Å². The van der Waals surface area contributed by atoms with Crippen molar-refractivity contribution in [3.63, 3.8) is 0 Å². The van der Waals surface area contributed by atoms with Gasteiger partial charge in [0.1, 0.15) is 18.4 Å². The normalized spacial score (nSPS) is 24.5. The maximum Gasteiger partial charge on any atom is 0.290 e. The Bertz CT molecular complexity index is 1010. The molecular formula is C23H30N6O4. The minimum Gasteiger partial charge on any atom is -0.496 e. The number of aliphatic hydroxyl groups excluding tert-OH is 1. The molecule has 1 aliphatic heterocycles. The second-order valence-corrected chi connectivity index (χ2v) is 8.65. The van der Waals surface area contributed by atoms with Crippen LogP contribution >= 0.6 is 0 Å². The number of carbonyl (C=O) groups is 1. The van der Waals surface area contributed by atoms with Gasteiger partial charge in [-0.3, -0.25) is 14.4 Å². The standard InChI is InChI=1S/C22H28N6O2.CH2O2/c1-30-22-4-3-16(7-19(22)13-27-6-2-5-24-27)10-26-11-17-8-20(28-15-23-14-25-28)21(29)9-18(17)12-26;2-1-3/h2-7,14-15,17-18,20-21,29H,8-13H2,1H3;1H,(H,2,3)/t17-,18+,20-,21-;/m1./s1. The van der Waals surface area contributed by atoms with Gasteiger partial charge in [-0.2, -0.15) is 10.2 Å². The summed E-state index contributed by atoms with van der Waals surface area (Å²) in [6, 6.07) is 8.41. The van der Waals surface area contributed by atoms with Crippen LogP contribution in [0.3, 0.4) is 0 Å². The quantitative estimate of drug-likeness (QED) is 0.540. The second kappa shape index (κ2) is 10.6. The molecule has 1 saturated carbocycles. The first-order chi connectivity index (χ1) is 16.1. The van der Waals surface area contributed by atoms with E-state index in [2.05, 4.69) is 38.3 Å². The maximum absolute atomic E-state index is 10.7. The molecule has 2 N–H and O–H groups in total. The topological polar surface area (TPSA) is 119 Å². The first kappa shape index (κ1) is 22.9. The summed E-state index contributed by atoms with van der Waals surface area (Å²) >= 11 is 0. The molecule has 0 unspecified atom stereocenters. The van der Waals surface area contributed by atoms with Crippen molar-refractivity contribution in [2.45, 2.75) is 38.1 Å². The molecule has 2 aromatic heterocycles. The van der Waals surface area contributed by atoms with Gasteiger partial charge in [-0.25, -0.2) is 9.67 Å². The predicted molar refractivity (Wildman–Crippen MR) is 120 cm³/mol. The van der Waals surface area contributed by atoms with Gasteiger partial charge >= 0.3 is 0 Å². The summed E-state index contributed by atoms with van der Waals surface area (Å²) in [7, 11) is 1.71.